The molecule has 214 valence electrons. The van der Waals surface area contributed by atoms with Crippen molar-refractivity contribution in [1.82, 2.24) is 4.98 Å². The molecule has 2 fully saturated rings. The molecule has 2 N–H and O–H groups in total. The van der Waals surface area contributed by atoms with Gasteiger partial charge in [0, 0.05) is 17.7 Å². The molecule has 2 aliphatic heterocycles. The van der Waals surface area contributed by atoms with Gasteiger partial charge in [0.25, 0.3) is 0 Å². The maximum atomic E-state index is 14.2. The van der Waals surface area contributed by atoms with E-state index in [9.17, 15) is 33.0 Å². The number of hydrogen-bond acceptors (Lipinski definition) is 8. The SMILES string of the molecule is C/C(=C\c1csc(C)n1)[C@@H]1CC2OC2(C(F)(F)F)CCC[C@H](C)[C@H](O)[C@@H](C)C(=O)C(C)(C)[C@@H](O)CC(=O)O1. The average molecular weight is 562 g/mol. The van der Waals surface area contributed by atoms with Crippen molar-refractivity contribution in [2.45, 2.75) is 110 Å². The predicted molar refractivity (Wildman–Crippen MR) is 136 cm³/mol. The summed E-state index contributed by atoms with van der Waals surface area (Å²) in [6, 6.07) is 0. The Morgan fingerprint density at radius 3 is 2.47 bits per heavy atom. The molecule has 0 aliphatic carbocycles. The summed E-state index contributed by atoms with van der Waals surface area (Å²) in [5, 5.41) is 24.2. The molecule has 7 nitrogen and oxygen atoms in total. The average Bonchev–Trinajstić information content (AvgIpc) is 3.38. The van der Waals surface area contributed by atoms with Crippen molar-refractivity contribution < 1.29 is 42.4 Å². The van der Waals surface area contributed by atoms with E-state index in [-0.39, 0.29) is 25.7 Å². The molecule has 0 spiro atoms. The zero-order chi connectivity index (χ0) is 28.6. The number of cyclic esters (lactones) is 1. The van der Waals surface area contributed by atoms with Crippen molar-refractivity contribution in [3.8, 4) is 0 Å². The molecule has 3 heterocycles. The van der Waals surface area contributed by atoms with Gasteiger partial charge in [0.1, 0.15) is 18.0 Å². The number of esters is 1. The van der Waals surface area contributed by atoms with Crippen LogP contribution < -0.4 is 0 Å². The summed E-state index contributed by atoms with van der Waals surface area (Å²) < 4.78 is 53.4. The molecular formula is C27H38F3NO6S. The van der Waals surface area contributed by atoms with Crippen molar-refractivity contribution in [3.63, 3.8) is 0 Å². The number of aliphatic hydroxyl groups is 2. The quantitative estimate of drug-likeness (QED) is 0.386. The topological polar surface area (TPSA) is 109 Å². The number of thiazole rings is 1. The van der Waals surface area contributed by atoms with Gasteiger partial charge in [0.05, 0.1) is 34.7 Å². The largest absolute Gasteiger partial charge is 0.458 e. The van der Waals surface area contributed by atoms with Crippen LogP contribution in [0.3, 0.4) is 0 Å². The third kappa shape index (κ3) is 6.48. The normalized spacial score (nSPS) is 35.9. The molecule has 0 amide bonds. The molecule has 11 heteroatoms. The van der Waals surface area contributed by atoms with Gasteiger partial charge in [-0.3, -0.25) is 9.59 Å². The number of nitrogens with zero attached hydrogens (tertiary/aromatic N) is 1. The fourth-order valence-corrected chi connectivity index (χ4v) is 5.81. The summed E-state index contributed by atoms with van der Waals surface area (Å²) in [7, 11) is 0. The van der Waals surface area contributed by atoms with Gasteiger partial charge in [-0.15, -0.1) is 11.3 Å². The van der Waals surface area contributed by atoms with E-state index >= 15 is 0 Å². The fraction of sp³-hybridized carbons (Fsp3) is 0.741. The Kier molecular flexibility index (Phi) is 9.17. The van der Waals surface area contributed by atoms with Crippen LogP contribution in [-0.4, -0.2) is 63.1 Å². The second kappa shape index (κ2) is 11.3. The minimum Gasteiger partial charge on any atom is -0.458 e. The Morgan fingerprint density at radius 1 is 1.24 bits per heavy atom. The maximum absolute atomic E-state index is 14.2. The van der Waals surface area contributed by atoms with E-state index in [0.717, 1.165) is 5.01 Å². The second-order valence-corrected chi connectivity index (χ2v) is 12.4. The van der Waals surface area contributed by atoms with E-state index in [1.807, 2.05) is 6.92 Å². The minimum absolute atomic E-state index is 0.124. The van der Waals surface area contributed by atoms with Crippen molar-refractivity contribution in [1.29, 1.82) is 0 Å². The highest BCUT2D eigenvalue weighted by molar-refractivity contribution is 7.09. The molecule has 1 aromatic rings. The van der Waals surface area contributed by atoms with Crippen LogP contribution in [0.1, 0.15) is 77.4 Å². The summed E-state index contributed by atoms with van der Waals surface area (Å²) >= 11 is 1.41. The lowest BCUT2D eigenvalue weighted by Crippen LogP contribution is -2.46. The lowest BCUT2D eigenvalue weighted by Gasteiger charge is -2.34. The van der Waals surface area contributed by atoms with Crippen molar-refractivity contribution in [2.75, 3.05) is 0 Å². The van der Waals surface area contributed by atoms with Crippen molar-refractivity contribution in [2.24, 2.45) is 17.3 Å². The zero-order valence-corrected chi connectivity index (χ0v) is 23.5. The van der Waals surface area contributed by atoms with Gasteiger partial charge < -0.3 is 19.7 Å². The second-order valence-electron chi connectivity index (χ2n) is 11.3. The minimum atomic E-state index is -4.63. The lowest BCUT2D eigenvalue weighted by atomic mass is 9.73. The molecule has 3 rings (SSSR count). The van der Waals surface area contributed by atoms with Gasteiger partial charge in [0.2, 0.25) is 0 Å². The van der Waals surface area contributed by atoms with Gasteiger partial charge in [-0.2, -0.15) is 13.2 Å². The van der Waals surface area contributed by atoms with Crippen LogP contribution in [0.15, 0.2) is 11.0 Å². The smallest absolute Gasteiger partial charge is 0.420 e. The molecule has 7 atom stereocenters. The predicted octanol–water partition coefficient (Wildman–Crippen LogP) is 5.02. The number of rotatable bonds is 2. The lowest BCUT2D eigenvalue weighted by molar-refractivity contribution is -0.186. The first-order valence-corrected chi connectivity index (χ1v) is 13.8. The monoisotopic (exact) mass is 561 g/mol. The van der Waals surface area contributed by atoms with E-state index in [2.05, 4.69) is 4.98 Å². The molecular weight excluding hydrogens is 523 g/mol. The van der Waals surface area contributed by atoms with Crippen LogP contribution in [0.25, 0.3) is 6.08 Å². The Labute approximate surface area is 225 Å². The maximum Gasteiger partial charge on any atom is 0.420 e. The van der Waals surface area contributed by atoms with Gasteiger partial charge in [-0.1, -0.05) is 27.7 Å². The number of aliphatic hydroxyl groups excluding tert-OH is 2. The van der Waals surface area contributed by atoms with E-state index < -0.39 is 71.6 Å². The van der Waals surface area contributed by atoms with Gasteiger partial charge in [-0.25, -0.2) is 4.98 Å². The van der Waals surface area contributed by atoms with Gasteiger partial charge in [0.15, 0.2) is 5.60 Å². The fourth-order valence-electron chi connectivity index (χ4n) is 5.24. The Bertz CT molecular complexity index is 1050. The number of halogens is 3. The number of aromatic nitrogens is 1. The molecule has 0 saturated carbocycles. The van der Waals surface area contributed by atoms with Gasteiger partial charge in [-0.05, 0) is 50.7 Å². The first-order chi connectivity index (χ1) is 17.5. The highest BCUT2D eigenvalue weighted by atomic mass is 32.1. The highest BCUT2D eigenvalue weighted by Crippen LogP contribution is 2.55. The third-order valence-corrected chi connectivity index (χ3v) is 8.85. The number of Topliss-reactive ketones (excluding diaryl/α,β-unsaturated/α-hetero) is 1. The van der Waals surface area contributed by atoms with Crippen LogP contribution in [0, 0.1) is 24.2 Å². The summed E-state index contributed by atoms with van der Waals surface area (Å²) in [5.41, 5.74) is -2.63. The number of carbonyl (C=O) groups excluding carboxylic acids is 2. The van der Waals surface area contributed by atoms with Crippen LogP contribution in [0.2, 0.25) is 0 Å². The van der Waals surface area contributed by atoms with Crippen molar-refractivity contribution >= 4 is 29.2 Å². The molecule has 2 saturated heterocycles. The first kappa shape index (κ1) is 30.7. The number of ketones is 1. The number of hydrogen-bond donors (Lipinski definition) is 2. The highest BCUT2D eigenvalue weighted by Gasteiger charge is 2.72. The molecule has 0 bridgehead atoms. The Morgan fingerprint density at radius 2 is 1.89 bits per heavy atom. The number of ether oxygens (including phenoxy) is 2. The summed E-state index contributed by atoms with van der Waals surface area (Å²) in [6.45, 7) is 9.71. The molecule has 0 radical (unpaired) electrons. The first-order valence-electron chi connectivity index (χ1n) is 12.9. The Balaban J connectivity index is 1.94. The number of fused-ring (bicyclic) bond motifs is 1. The van der Waals surface area contributed by atoms with E-state index in [0.29, 0.717) is 11.3 Å². The van der Waals surface area contributed by atoms with Crippen LogP contribution in [0.4, 0.5) is 13.2 Å². The molecule has 1 aromatic heterocycles. The van der Waals surface area contributed by atoms with Crippen LogP contribution in [-0.2, 0) is 19.1 Å². The molecule has 38 heavy (non-hydrogen) atoms. The van der Waals surface area contributed by atoms with E-state index in [4.69, 9.17) is 9.47 Å². The molecule has 2 unspecified atom stereocenters. The van der Waals surface area contributed by atoms with E-state index in [1.165, 1.54) is 32.1 Å². The third-order valence-electron chi connectivity index (χ3n) is 8.06. The summed E-state index contributed by atoms with van der Waals surface area (Å²) in [4.78, 5) is 30.4. The van der Waals surface area contributed by atoms with Crippen LogP contribution >= 0.6 is 11.3 Å². The number of aryl methyl sites for hydroxylation is 1. The van der Waals surface area contributed by atoms with E-state index in [1.54, 1.807) is 25.3 Å². The number of epoxide rings is 1. The summed E-state index contributed by atoms with van der Waals surface area (Å²) in [6.07, 6.45) is -8.44. The molecule has 0 aromatic carbocycles. The Hall–Kier alpha value is -1.82. The number of alkyl halides is 3. The van der Waals surface area contributed by atoms with Gasteiger partial charge >= 0.3 is 12.1 Å². The summed E-state index contributed by atoms with van der Waals surface area (Å²) in [5.74, 6) is -2.63. The zero-order valence-electron chi connectivity index (χ0n) is 22.7. The number of carbonyl (C=O) groups is 2. The van der Waals surface area contributed by atoms with Crippen molar-refractivity contribution in [3.05, 3.63) is 21.7 Å². The molecule has 2 aliphatic rings. The van der Waals surface area contributed by atoms with Crippen LogP contribution in [0.5, 0.6) is 0 Å². The standard InChI is InChI=1S/C27H38F3NO6S/c1-14-8-7-9-26(27(28,29)30)21(37-26)11-19(15(2)10-18-13-38-17(4)31-18)36-22(33)12-20(32)25(5,6)24(35)16(3)23(14)34/h10,13-14,16,19-21,23,32,34H,7-9,11-12H2,1-6H3/b15-10+/t14-,16+,19-,20-,21?,23-,26?/m0/s1.